The number of anilines is 1. The zero-order chi connectivity index (χ0) is 13.7. The SMILES string of the molecule is CC(C)OCCCCNC1CCc2cc(N)ccc21. The molecular weight excluding hydrogens is 236 g/mol. The normalized spacial score (nSPS) is 17.9. The molecule has 106 valence electrons. The number of hydrogen-bond acceptors (Lipinski definition) is 3. The van der Waals surface area contributed by atoms with Gasteiger partial charge in [-0.1, -0.05) is 6.07 Å². The first kappa shape index (κ1) is 14.4. The molecule has 3 nitrogen and oxygen atoms in total. The van der Waals surface area contributed by atoms with Crippen LogP contribution in [0.2, 0.25) is 0 Å². The maximum absolute atomic E-state index is 5.82. The van der Waals surface area contributed by atoms with E-state index in [2.05, 4.69) is 31.3 Å². The highest BCUT2D eigenvalue weighted by Gasteiger charge is 2.21. The van der Waals surface area contributed by atoms with E-state index in [1.807, 2.05) is 6.07 Å². The molecule has 3 N–H and O–H groups in total. The predicted octanol–water partition coefficient (Wildman–Crippen LogP) is 3.05. The van der Waals surface area contributed by atoms with Gasteiger partial charge in [0, 0.05) is 18.3 Å². The van der Waals surface area contributed by atoms with Crippen LogP contribution in [0, 0.1) is 0 Å². The molecule has 0 radical (unpaired) electrons. The zero-order valence-electron chi connectivity index (χ0n) is 12.1. The van der Waals surface area contributed by atoms with Gasteiger partial charge in [-0.25, -0.2) is 0 Å². The summed E-state index contributed by atoms with van der Waals surface area (Å²) in [5, 5.41) is 3.65. The van der Waals surface area contributed by atoms with Crippen LogP contribution < -0.4 is 11.1 Å². The van der Waals surface area contributed by atoms with Crippen LogP contribution in [0.5, 0.6) is 0 Å². The second-order valence-corrected chi connectivity index (χ2v) is 5.63. The van der Waals surface area contributed by atoms with Gasteiger partial charge in [-0.05, 0) is 69.3 Å². The van der Waals surface area contributed by atoms with Crippen molar-refractivity contribution in [2.75, 3.05) is 18.9 Å². The average Bonchev–Trinajstić information content (AvgIpc) is 2.75. The third kappa shape index (κ3) is 4.22. The predicted molar refractivity (Wildman–Crippen MR) is 80.2 cm³/mol. The number of nitrogen functional groups attached to an aromatic ring is 1. The molecule has 0 spiro atoms. The van der Waals surface area contributed by atoms with E-state index in [1.165, 1.54) is 24.0 Å². The lowest BCUT2D eigenvalue weighted by Gasteiger charge is -2.14. The molecule has 0 fully saturated rings. The van der Waals surface area contributed by atoms with Crippen LogP contribution in [0.1, 0.15) is 50.3 Å². The summed E-state index contributed by atoms with van der Waals surface area (Å²) < 4.78 is 5.54. The quantitative estimate of drug-likeness (QED) is 0.586. The van der Waals surface area contributed by atoms with Crippen molar-refractivity contribution in [2.45, 2.75) is 51.7 Å². The minimum Gasteiger partial charge on any atom is -0.399 e. The third-order valence-corrected chi connectivity index (χ3v) is 3.66. The van der Waals surface area contributed by atoms with Crippen molar-refractivity contribution in [3.8, 4) is 0 Å². The Morgan fingerprint density at radius 1 is 1.37 bits per heavy atom. The Balaban J connectivity index is 1.69. The summed E-state index contributed by atoms with van der Waals surface area (Å²) >= 11 is 0. The Kier molecular flexibility index (Phi) is 5.23. The van der Waals surface area contributed by atoms with E-state index in [0.29, 0.717) is 12.1 Å². The maximum atomic E-state index is 5.82. The molecule has 2 rings (SSSR count). The number of aryl methyl sites for hydroxylation is 1. The van der Waals surface area contributed by atoms with Gasteiger partial charge in [0.05, 0.1) is 6.10 Å². The second kappa shape index (κ2) is 6.92. The van der Waals surface area contributed by atoms with E-state index in [4.69, 9.17) is 10.5 Å². The van der Waals surface area contributed by atoms with Gasteiger partial charge in [-0.15, -0.1) is 0 Å². The number of benzene rings is 1. The molecule has 0 aromatic heterocycles. The fraction of sp³-hybridized carbons (Fsp3) is 0.625. The monoisotopic (exact) mass is 262 g/mol. The zero-order valence-corrected chi connectivity index (χ0v) is 12.1. The Bertz CT molecular complexity index is 404. The summed E-state index contributed by atoms with van der Waals surface area (Å²) in [5.74, 6) is 0. The highest BCUT2D eigenvalue weighted by Crippen LogP contribution is 2.32. The van der Waals surface area contributed by atoms with Gasteiger partial charge in [0.15, 0.2) is 0 Å². The topological polar surface area (TPSA) is 47.3 Å². The Hall–Kier alpha value is -1.06. The van der Waals surface area contributed by atoms with Crippen molar-refractivity contribution in [1.29, 1.82) is 0 Å². The van der Waals surface area contributed by atoms with Gasteiger partial charge in [0.2, 0.25) is 0 Å². The summed E-state index contributed by atoms with van der Waals surface area (Å²) in [6, 6.07) is 6.82. The summed E-state index contributed by atoms with van der Waals surface area (Å²) in [7, 11) is 0. The average molecular weight is 262 g/mol. The lowest BCUT2D eigenvalue weighted by atomic mass is 10.1. The highest BCUT2D eigenvalue weighted by atomic mass is 16.5. The Labute approximate surface area is 116 Å². The molecule has 1 atom stereocenters. The van der Waals surface area contributed by atoms with E-state index in [-0.39, 0.29) is 0 Å². The number of fused-ring (bicyclic) bond motifs is 1. The molecule has 3 heteroatoms. The van der Waals surface area contributed by atoms with Gasteiger partial charge < -0.3 is 15.8 Å². The van der Waals surface area contributed by atoms with E-state index < -0.39 is 0 Å². The molecule has 0 saturated carbocycles. The highest BCUT2D eigenvalue weighted by molar-refractivity contribution is 5.47. The molecule has 0 aliphatic heterocycles. The fourth-order valence-electron chi connectivity index (χ4n) is 2.67. The van der Waals surface area contributed by atoms with Crippen molar-refractivity contribution in [3.63, 3.8) is 0 Å². The lowest BCUT2D eigenvalue weighted by Crippen LogP contribution is -2.20. The van der Waals surface area contributed by atoms with Crippen LogP contribution in [-0.4, -0.2) is 19.3 Å². The van der Waals surface area contributed by atoms with Gasteiger partial charge in [0.1, 0.15) is 0 Å². The number of rotatable bonds is 7. The number of unbranched alkanes of at least 4 members (excludes halogenated alkanes) is 1. The van der Waals surface area contributed by atoms with Crippen molar-refractivity contribution in [1.82, 2.24) is 5.32 Å². The van der Waals surface area contributed by atoms with Crippen molar-refractivity contribution < 1.29 is 4.74 Å². The largest absolute Gasteiger partial charge is 0.399 e. The number of hydrogen-bond donors (Lipinski definition) is 2. The Morgan fingerprint density at radius 2 is 2.21 bits per heavy atom. The lowest BCUT2D eigenvalue weighted by molar-refractivity contribution is 0.0759. The van der Waals surface area contributed by atoms with Crippen molar-refractivity contribution in [3.05, 3.63) is 29.3 Å². The number of nitrogens with two attached hydrogens (primary N) is 1. The van der Waals surface area contributed by atoms with Crippen LogP contribution in [-0.2, 0) is 11.2 Å². The van der Waals surface area contributed by atoms with Crippen LogP contribution in [0.4, 0.5) is 5.69 Å². The fourth-order valence-corrected chi connectivity index (χ4v) is 2.67. The molecule has 1 aliphatic rings. The molecule has 19 heavy (non-hydrogen) atoms. The molecular formula is C16H26N2O. The first-order chi connectivity index (χ1) is 9.16. The number of ether oxygens (including phenoxy) is 1. The minimum absolute atomic E-state index is 0.347. The summed E-state index contributed by atoms with van der Waals surface area (Å²) in [4.78, 5) is 0. The Morgan fingerprint density at radius 3 is 3.00 bits per heavy atom. The molecule has 1 unspecified atom stereocenters. The summed E-state index contributed by atoms with van der Waals surface area (Å²) in [6.07, 6.45) is 5.00. The van der Waals surface area contributed by atoms with Crippen molar-refractivity contribution in [2.24, 2.45) is 0 Å². The molecule has 1 aliphatic carbocycles. The van der Waals surface area contributed by atoms with Crippen molar-refractivity contribution >= 4 is 5.69 Å². The third-order valence-electron chi connectivity index (χ3n) is 3.66. The molecule has 1 aromatic carbocycles. The van der Waals surface area contributed by atoms with E-state index in [1.54, 1.807) is 0 Å². The first-order valence-electron chi connectivity index (χ1n) is 7.40. The second-order valence-electron chi connectivity index (χ2n) is 5.63. The van der Waals surface area contributed by atoms with Crippen LogP contribution in [0.25, 0.3) is 0 Å². The first-order valence-corrected chi connectivity index (χ1v) is 7.40. The molecule has 1 aromatic rings. The van der Waals surface area contributed by atoms with Crippen LogP contribution in [0.3, 0.4) is 0 Å². The standard InChI is InChI=1S/C16H26N2O/c1-12(2)19-10-4-3-9-18-16-8-5-13-11-14(17)6-7-15(13)16/h6-7,11-12,16,18H,3-5,8-10,17H2,1-2H3. The summed E-state index contributed by atoms with van der Waals surface area (Å²) in [6.45, 7) is 6.10. The van der Waals surface area contributed by atoms with Gasteiger partial charge in [0.25, 0.3) is 0 Å². The summed E-state index contributed by atoms with van der Waals surface area (Å²) in [5.41, 5.74) is 9.56. The molecule has 0 amide bonds. The molecule has 0 bridgehead atoms. The molecule has 0 heterocycles. The van der Waals surface area contributed by atoms with E-state index >= 15 is 0 Å². The van der Waals surface area contributed by atoms with Crippen LogP contribution >= 0.6 is 0 Å². The van der Waals surface area contributed by atoms with Gasteiger partial charge in [-0.3, -0.25) is 0 Å². The van der Waals surface area contributed by atoms with E-state index in [9.17, 15) is 0 Å². The minimum atomic E-state index is 0.347. The number of nitrogens with one attached hydrogen (secondary N) is 1. The smallest absolute Gasteiger partial charge is 0.0518 e. The van der Waals surface area contributed by atoms with E-state index in [0.717, 1.165) is 31.7 Å². The molecule has 0 saturated heterocycles. The van der Waals surface area contributed by atoms with Gasteiger partial charge >= 0.3 is 0 Å². The van der Waals surface area contributed by atoms with Crippen LogP contribution in [0.15, 0.2) is 18.2 Å². The maximum Gasteiger partial charge on any atom is 0.0518 e. The van der Waals surface area contributed by atoms with Gasteiger partial charge in [-0.2, -0.15) is 0 Å².